The summed E-state index contributed by atoms with van der Waals surface area (Å²) in [5.41, 5.74) is 19.8. The molecule has 42 heteroatoms. The van der Waals surface area contributed by atoms with E-state index in [2.05, 4.69) is 33.1 Å². The van der Waals surface area contributed by atoms with Gasteiger partial charge in [0, 0.05) is 81.0 Å². The zero-order valence-corrected chi connectivity index (χ0v) is 74.1. The number of H-pyrrole nitrogens is 4. The predicted octanol–water partition coefficient (Wildman–Crippen LogP) is 19.2. The molecule has 24 nitrogen and oxygen atoms in total. The van der Waals surface area contributed by atoms with Crippen LogP contribution in [0.2, 0.25) is 0 Å². The molecule has 6 aromatic rings. The van der Waals surface area contributed by atoms with Gasteiger partial charge in [-0.2, -0.15) is 74.6 Å². The lowest BCUT2D eigenvalue weighted by Gasteiger charge is -2.42. The standard InChI is InChI=1S/2C41H42N4O8.C8BrF17/c1-9-23-20(2)29-17-34-27-13-10-26(39(49)52-7)38(40(50)53-8)41(27,5)35(45-34)19-30-22(4)24(11-14-36(46)47)32(44-30)18-33-25(12-15-37(48)51-6)21(3)28(43-33)16-31(23)42-29;1-9-23-20(2)29-17-34-27-13-10-26(39(49)52-7)38(40(50)53-8)41(27,5)35(45-34)19-30-22(4)25(12-15-37(48)51-6)33(44-30)18-32-24(11-14-36(46)47)21(3)28(43-32)16-31(23)42-29;9-7(22,23)5(18,19)3(14,15)1(10,11)2(12,13)4(16,17)6(20,21)8(24,25)26/h2*9-10,13,16-19,38,43-44H,1,11-12,14-15H2,2-8H3,(H,46,47);/t2*38-,41+;/m00./s1. The fourth-order valence-corrected chi connectivity index (χ4v) is 16.8. The van der Waals surface area contributed by atoms with Gasteiger partial charge in [-0.3, -0.25) is 38.7 Å². The maximum Gasteiger partial charge on any atom is 0.460 e. The number of ether oxygens (including phenoxy) is 6. The summed E-state index contributed by atoms with van der Waals surface area (Å²) < 4.78 is 243. The summed E-state index contributed by atoms with van der Waals surface area (Å²) in [5, 5.41) is 19.3. The number of rotatable bonds is 24. The second kappa shape index (κ2) is 37.1. The van der Waals surface area contributed by atoms with E-state index in [9.17, 15) is 123 Å². The first-order chi connectivity index (χ1) is 61.3. The van der Waals surface area contributed by atoms with Gasteiger partial charge in [-0.15, -0.1) is 0 Å². The van der Waals surface area contributed by atoms with E-state index in [1.54, 1.807) is 36.5 Å². The van der Waals surface area contributed by atoms with Crippen LogP contribution >= 0.6 is 15.9 Å². The van der Waals surface area contributed by atoms with Crippen molar-refractivity contribution >= 4 is 141 Å². The van der Waals surface area contributed by atoms with Gasteiger partial charge < -0.3 is 58.6 Å². The number of carbonyl (C=O) groups excluding carboxylic acids is 6. The Balaban J connectivity index is 0.000000218. The van der Waals surface area contributed by atoms with Crippen LogP contribution in [0.15, 0.2) is 109 Å². The number of carboxylic acid groups (broad SMARTS) is 2. The number of carboxylic acids is 2. The number of esters is 6. The van der Waals surface area contributed by atoms with Gasteiger partial charge in [0.1, 0.15) is 11.8 Å². The summed E-state index contributed by atoms with van der Waals surface area (Å²) in [6.45, 7) is 23.5. The van der Waals surface area contributed by atoms with Crippen molar-refractivity contribution in [3.63, 3.8) is 0 Å². The lowest BCUT2D eigenvalue weighted by atomic mass is 9.64. The number of aryl methyl sites for hydroxylation is 8. The third-order valence-electron chi connectivity index (χ3n) is 24.1. The summed E-state index contributed by atoms with van der Waals surface area (Å²) in [7, 11) is 7.78. The highest BCUT2D eigenvalue weighted by Gasteiger charge is 2.95. The zero-order chi connectivity index (χ0) is 98.7. The molecule has 0 fully saturated rings. The van der Waals surface area contributed by atoms with E-state index < -0.39 is 105 Å². The van der Waals surface area contributed by atoms with Crippen molar-refractivity contribution in [1.82, 2.24) is 39.9 Å². The number of methoxy groups -OCH3 is 6. The Kier molecular flexibility index (Phi) is 28.5. The van der Waals surface area contributed by atoms with E-state index in [4.69, 9.17) is 48.4 Å². The van der Waals surface area contributed by atoms with Crippen LogP contribution in [0.4, 0.5) is 74.6 Å². The summed E-state index contributed by atoms with van der Waals surface area (Å²) in [4.78, 5) is 130. The van der Waals surface area contributed by atoms with Crippen LogP contribution in [-0.2, 0) is 103 Å². The molecule has 0 saturated heterocycles. The van der Waals surface area contributed by atoms with Crippen molar-refractivity contribution in [2.24, 2.45) is 11.8 Å². The minimum Gasteiger partial charge on any atom is -0.481 e. The van der Waals surface area contributed by atoms with Crippen LogP contribution in [-0.4, -0.2) is 187 Å². The van der Waals surface area contributed by atoms with Gasteiger partial charge in [-0.05, 0) is 212 Å². The molecule has 0 unspecified atom stereocenters. The molecule has 6 N–H and O–H groups in total. The molecule has 0 saturated carbocycles. The fraction of sp³-hybridized carbons (Fsp3) is 0.378. The molecule has 16 bridgehead atoms. The average Bonchev–Trinajstić information content (AvgIpc) is 1.10. The smallest absolute Gasteiger partial charge is 0.460 e. The summed E-state index contributed by atoms with van der Waals surface area (Å²) in [6, 6.07) is 15.2. The van der Waals surface area contributed by atoms with Gasteiger partial charge in [0.2, 0.25) is 0 Å². The van der Waals surface area contributed by atoms with Crippen molar-refractivity contribution in [3.8, 4) is 0 Å². The molecule has 4 atom stereocenters. The van der Waals surface area contributed by atoms with Gasteiger partial charge in [0.05, 0.1) is 110 Å². The number of nitrogens with zero attached hydrogens (tertiary/aromatic N) is 4. The molecule has 0 spiro atoms. The summed E-state index contributed by atoms with van der Waals surface area (Å²) in [6.07, 6.45) is 3.86. The molecule has 6 aromatic heterocycles. The second-order valence-corrected chi connectivity index (χ2v) is 32.5. The molecule has 12 rings (SSSR count). The van der Waals surface area contributed by atoms with Crippen molar-refractivity contribution in [2.45, 2.75) is 164 Å². The van der Waals surface area contributed by atoms with Gasteiger partial charge in [0.15, 0.2) is 0 Å². The molecule has 0 amide bonds. The number of carbonyl (C=O) groups is 8. The third-order valence-corrected chi connectivity index (χ3v) is 24.6. The molecule has 0 aromatic carbocycles. The fourth-order valence-electron chi connectivity index (χ4n) is 16.5. The number of hydrogen-bond acceptors (Lipinski definition) is 18. The van der Waals surface area contributed by atoms with Crippen LogP contribution in [0, 0.1) is 39.5 Å². The molecule has 10 heterocycles. The van der Waals surface area contributed by atoms with E-state index in [1.165, 1.54) is 42.7 Å². The van der Waals surface area contributed by atoms with E-state index in [1.807, 2.05) is 104 Å². The van der Waals surface area contributed by atoms with Crippen LogP contribution in [0.3, 0.4) is 0 Å². The Hall–Kier alpha value is -12.8. The maximum atomic E-state index is 13.7. The molecule has 132 heavy (non-hydrogen) atoms. The minimum absolute atomic E-state index is 0.0715. The monoisotopic (exact) mass is 1930 g/mol. The quantitative estimate of drug-likeness (QED) is 0.0142. The number of aromatic amines is 4. The van der Waals surface area contributed by atoms with Crippen LogP contribution in [0.25, 0.3) is 77.6 Å². The van der Waals surface area contributed by atoms with E-state index in [0.29, 0.717) is 113 Å². The summed E-state index contributed by atoms with van der Waals surface area (Å²) >= 11 is 0.360. The molecular weight excluding hydrogens is 1850 g/mol. The number of fused-ring (bicyclic) bond motifs is 22. The molecule has 6 aliphatic rings. The highest BCUT2D eigenvalue weighted by atomic mass is 79.9. The van der Waals surface area contributed by atoms with Gasteiger partial charge in [0.25, 0.3) is 0 Å². The lowest BCUT2D eigenvalue weighted by Crippen LogP contribution is -2.74. The number of halogens is 18. The molecule has 706 valence electrons. The van der Waals surface area contributed by atoms with Gasteiger partial charge in [-0.25, -0.2) is 19.6 Å². The average molecular weight is 1940 g/mol. The Morgan fingerprint density at radius 2 is 0.682 bits per heavy atom. The number of nitrogens with one attached hydrogen (secondary N) is 4. The highest BCUT2D eigenvalue weighted by molar-refractivity contribution is 9.10. The zero-order valence-electron chi connectivity index (χ0n) is 72.5. The van der Waals surface area contributed by atoms with Crippen molar-refractivity contribution < 1.29 is 152 Å². The summed E-state index contributed by atoms with van der Waals surface area (Å²) in [5.74, 6) is -56.9. The number of aliphatic carboxylic acids is 2. The Morgan fingerprint density at radius 1 is 0.386 bits per heavy atom. The topological polar surface area (TPSA) is 347 Å². The highest BCUT2D eigenvalue weighted by Crippen LogP contribution is 2.65. The van der Waals surface area contributed by atoms with Crippen LogP contribution in [0.5, 0.6) is 0 Å². The van der Waals surface area contributed by atoms with Crippen molar-refractivity contribution in [3.05, 3.63) is 199 Å². The Morgan fingerprint density at radius 3 is 0.955 bits per heavy atom. The normalized spacial score (nSPS) is 17.6. The first-order valence-corrected chi connectivity index (χ1v) is 40.4. The number of alkyl halides is 18. The Labute approximate surface area is 747 Å². The van der Waals surface area contributed by atoms with Crippen molar-refractivity contribution in [1.29, 1.82) is 0 Å². The maximum absolute atomic E-state index is 13.7. The first-order valence-electron chi connectivity index (χ1n) is 39.6. The molecule has 0 radical (unpaired) electrons. The van der Waals surface area contributed by atoms with Gasteiger partial charge >= 0.3 is 94.3 Å². The third kappa shape index (κ3) is 17.6. The SMILES string of the molecule is C=CC1=C(C)c2cc3nc(cc4[nH]c(cc5[nH]c(cc1n2)c(C)c5CCC(=O)O)c(CCC(=O)OC)c4C)[C@@]1(C)C3=CC=C(C(=O)OC)[C@H]1C(=O)OC.C=CC1=C(C)c2cc3nc(cc4[nH]c(cc5[nH]c(cc1n2)c(C)c5CCC(=O)OC)c(CCC(=O)O)c4C)[C@@]1(C)C3=CC=C(C(=O)OC)[C@H]1C(=O)OC.FC(F)(F)C(F)(F)C(F)(F)C(F)(F)C(F)(F)C(F)(F)C(F)(F)C(F)(F)Br. The minimum atomic E-state index is -8.58. The molecular formula is C90H84BrF17N8O16. The first kappa shape index (κ1) is 101. The van der Waals surface area contributed by atoms with Crippen molar-refractivity contribution in [2.75, 3.05) is 42.7 Å². The lowest BCUT2D eigenvalue weighted by molar-refractivity contribution is -0.457. The van der Waals surface area contributed by atoms with Crippen LogP contribution in [0.1, 0.15) is 143 Å². The number of aromatic nitrogens is 8. The van der Waals surface area contributed by atoms with Gasteiger partial charge in [-0.1, -0.05) is 49.6 Å². The molecule has 4 aliphatic heterocycles. The van der Waals surface area contributed by atoms with E-state index >= 15 is 0 Å². The number of hydrogen-bond donors (Lipinski definition) is 6. The molecule has 2 aliphatic carbocycles. The van der Waals surface area contributed by atoms with Crippen LogP contribution < -0.4 is 0 Å². The largest absolute Gasteiger partial charge is 0.481 e. The predicted molar refractivity (Wildman–Crippen MR) is 450 cm³/mol. The van der Waals surface area contributed by atoms with E-state index in [-0.39, 0.29) is 61.6 Å². The number of allylic oxidation sites excluding steroid dienone is 12. The Bertz CT molecular complexity index is 6350. The second-order valence-electron chi connectivity index (χ2n) is 31.5. The van der Waals surface area contributed by atoms with E-state index in [0.717, 1.165) is 83.4 Å².